The first-order valence-corrected chi connectivity index (χ1v) is 10.9. The van der Waals surface area contributed by atoms with Crippen molar-refractivity contribution < 1.29 is 17.7 Å². The summed E-state index contributed by atoms with van der Waals surface area (Å²) in [7, 11) is -3.58. The van der Waals surface area contributed by atoms with Gasteiger partial charge in [-0.1, -0.05) is 23.4 Å². The van der Waals surface area contributed by atoms with E-state index in [1.54, 1.807) is 29.2 Å². The fourth-order valence-electron chi connectivity index (χ4n) is 3.83. The summed E-state index contributed by atoms with van der Waals surface area (Å²) >= 11 is 0. The molecule has 1 unspecified atom stereocenters. The molecule has 4 rings (SSSR count). The summed E-state index contributed by atoms with van der Waals surface area (Å²) in [5.41, 5.74) is 1.80. The summed E-state index contributed by atoms with van der Waals surface area (Å²) in [6.45, 7) is 0.709. The molecule has 1 saturated heterocycles. The molecule has 0 saturated carbocycles. The SMILES string of the molecule is O=C(c1noc2c1CCCC2)N1CCCC(S(=O)(=O)Nc2ccccc2)C1. The van der Waals surface area contributed by atoms with E-state index in [0.29, 0.717) is 30.8 Å². The maximum atomic E-state index is 13.0. The predicted octanol–water partition coefficient (Wildman–Crippen LogP) is 2.60. The molecule has 2 heterocycles. The van der Waals surface area contributed by atoms with Gasteiger partial charge in [0.2, 0.25) is 10.0 Å². The van der Waals surface area contributed by atoms with Gasteiger partial charge in [0.1, 0.15) is 5.76 Å². The fraction of sp³-hybridized carbons (Fsp3) is 0.474. The Bertz CT molecular complexity index is 924. The molecule has 144 valence electrons. The molecule has 1 aliphatic carbocycles. The summed E-state index contributed by atoms with van der Waals surface area (Å²) in [5, 5.41) is 3.36. The Kier molecular flexibility index (Phi) is 4.90. The number of carbonyl (C=O) groups excluding carboxylic acids is 1. The van der Waals surface area contributed by atoms with Gasteiger partial charge in [0.15, 0.2) is 5.69 Å². The van der Waals surface area contributed by atoms with Crippen molar-refractivity contribution >= 4 is 21.6 Å². The number of nitrogens with zero attached hydrogens (tertiary/aromatic N) is 2. The van der Waals surface area contributed by atoms with E-state index in [1.165, 1.54) is 0 Å². The van der Waals surface area contributed by atoms with Gasteiger partial charge >= 0.3 is 0 Å². The maximum Gasteiger partial charge on any atom is 0.276 e. The van der Waals surface area contributed by atoms with Crippen molar-refractivity contribution in [3.8, 4) is 0 Å². The minimum absolute atomic E-state index is 0.169. The summed E-state index contributed by atoms with van der Waals surface area (Å²) < 4.78 is 33.5. The van der Waals surface area contributed by atoms with Gasteiger partial charge in [-0.3, -0.25) is 9.52 Å². The highest BCUT2D eigenvalue weighted by atomic mass is 32.2. The Morgan fingerprint density at radius 3 is 2.74 bits per heavy atom. The van der Waals surface area contributed by atoms with Crippen molar-refractivity contribution in [3.05, 3.63) is 47.3 Å². The Morgan fingerprint density at radius 1 is 1.15 bits per heavy atom. The van der Waals surface area contributed by atoms with E-state index in [1.807, 2.05) is 6.07 Å². The molecule has 1 aliphatic heterocycles. The zero-order chi connectivity index (χ0) is 18.9. The van der Waals surface area contributed by atoms with Crippen molar-refractivity contribution in [2.75, 3.05) is 17.8 Å². The first-order valence-electron chi connectivity index (χ1n) is 9.38. The van der Waals surface area contributed by atoms with E-state index in [9.17, 15) is 13.2 Å². The van der Waals surface area contributed by atoms with Gasteiger partial charge < -0.3 is 9.42 Å². The van der Waals surface area contributed by atoms with Crippen LogP contribution in [0.5, 0.6) is 0 Å². The van der Waals surface area contributed by atoms with Crippen molar-refractivity contribution in [1.82, 2.24) is 10.1 Å². The van der Waals surface area contributed by atoms with Crippen LogP contribution in [0.1, 0.15) is 47.5 Å². The van der Waals surface area contributed by atoms with E-state index >= 15 is 0 Å². The van der Waals surface area contributed by atoms with Gasteiger partial charge in [-0.05, 0) is 44.2 Å². The zero-order valence-electron chi connectivity index (χ0n) is 15.1. The summed E-state index contributed by atoms with van der Waals surface area (Å²) in [4.78, 5) is 14.6. The number of sulfonamides is 1. The van der Waals surface area contributed by atoms with Crippen molar-refractivity contribution in [1.29, 1.82) is 0 Å². The number of piperidine rings is 1. The largest absolute Gasteiger partial charge is 0.360 e. The molecule has 1 fully saturated rings. The molecule has 1 atom stereocenters. The van der Waals surface area contributed by atoms with Crippen molar-refractivity contribution in [2.24, 2.45) is 0 Å². The molecule has 7 nitrogen and oxygen atoms in total. The summed E-state index contributed by atoms with van der Waals surface area (Å²) in [5.74, 6) is 0.582. The molecule has 1 N–H and O–H groups in total. The topological polar surface area (TPSA) is 92.5 Å². The van der Waals surface area contributed by atoms with E-state index in [4.69, 9.17) is 4.52 Å². The van der Waals surface area contributed by atoms with Crippen LogP contribution in [0.2, 0.25) is 0 Å². The minimum Gasteiger partial charge on any atom is -0.360 e. The van der Waals surface area contributed by atoms with Crippen LogP contribution in [0.3, 0.4) is 0 Å². The minimum atomic E-state index is -3.58. The summed E-state index contributed by atoms with van der Waals surface area (Å²) in [6, 6.07) is 8.82. The number of anilines is 1. The van der Waals surface area contributed by atoms with Crippen LogP contribution in [0.4, 0.5) is 5.69 Å². The molecule has 0 spiro atoms. The van der Waals surface area contributed by atoms with Gasteiger partial charge in [0.05, 0.1) is 5.25 Å². The lowest BCUT2D eigenvalue weighted by Gasteiger charge is -2.32. The van der Waals surface area contributed by atoms with Gasteiger partial charge in [-0.25, -0.2) is 8.42 Å². The number of hydrogen-bond donors (Lipinski definition) is 1. The smallest absolute Gasteiger partial charge is 0.276 e. The molecule has 0 bridgehead atoms. The Balaban J connectivity index is 1.49. The molecule has 1 aromatic carbocycles. The molecule has 0 radical (unpaired) electrons. The number of rotatable bonds is 4. The van der Waals surface area contributed by atoms with Crippen LogP contribution in [0, 0.1) is 0 Å². The van der Waals surface area contributed by atoms with Crippen LogP contribution in [-0.4, -0.2) is 42.7 Å². The van der Waals surface area contributed by atoms with E-state index in [0.717, 1.165) is 37.0 Å². The predicted molar refractivity (Wildman–Crippen MR) is 101 cm³/mol. The second-order valence-corrected chi connectivity index (χ2v) is 9.13. The molecule has 27 heavy (non-hydrogen) atoms. The third-order valence-corrected chi connectivity index (χ3v) is 7.07. The summed E-state index contributed by atoms with van der Waals surface area (Å²) in [6.07, 6.45) is 4.85. The molecule has 2 aliphatic rings. The lowest BCUT2D eigenvalue weighted by molar-refractivity contribution is 0.0715. The van der Waals surface area contributed by atoms with Crippen LogP contribution in [-0.2, 0) is 22.9 Å². The van der Waals surface area contributed by atoms with E-state index < -0.39 is 15.3 Å². The lowest BCUT2D eigenvalue weighted by atomic mass is 9.96. The Labute approximate surface area is 158 Å². The molecule has 1 aromatic heterocycles. The number of likely N-dealkylation sites (tertiary alicyclic amines) is 1. The van der Waals surface area contributed by atoms with E-state index in [-0.39, 0.29) is 12.5 Å². The third-order valence-electron chi connectivity index (χ3n) is 5.29. The molecule has 1 amide bonds. The number of nitrogens with one attached hydrogen (secondary N) is 1. The normalized spacial score (nSPS) is 20.1. The quantitative estimate of drug-likeness (QED) is 0.868. The lowest BCUT2D eigenvalue weighted by Crippen LogP contribution is -2.47. The standard InChI is InChI=1S/C19H23N3O4S/c23-19(18-16-10-4-5-11-17(16)26-20-18)22-12-6-9-15(13-22)27(24,25)21-14-7-2-1-3-8-14/h1-3,7-8,15,21H,4-6,9-13H2. The molecular formula is C19H23N3O4S. The number of fused-ring (bicyclic) bond motifs is 1. The Hall–Kier alpha value is -2.35. The highest BCUT2D eigenvalue weighted by Crippen LogP contribution is 2.27. The number of aryl methyl sites for hydroxylation is 1. The first kappa shape index (κ1) is 18.0. The van der Waals surface area contributed by atoms with Crippen molar-refractivity contribution in [2.45, 2.75) is 43.8 Å². The number of carbonyl (C=O) groups is 1. The van der Waals surface area contributed by atoms with Crippen molar-refractivity contribution in [3.63, 3.8) is 0 Å². The highest BCUT2D eigenvalue weighted by molar-refractivity contribution is 7.93. The fourth-order valence-corrected chi connectivity index (χ4v) is 5.32. The number of benzene rings is 1. The molecular weight excluding hydrogens is 366 g/mol. The number of amides is 1. The number of para-hydroxylation sites is 1. The van der Waals surface area contributed by atoms with Gasteiger partial charge in [-0.15, -0.1) is 0 Å². The van der Waals surface area contributed by atoms with E-state index in [2.05, 4.69) is 9.88 Å². The average molecular weight is 389 g/mol. The monoisotopic (exact) mass is 389 g/mol. The highest BCUT2D eigenvalue weighted by Gasteiger charge is 2.35. The van der Waals surface area contributed by atoms with Gasteiger partial charge in [0.25, 0.3) is 5.91 Å². The second kappa shape index (κ2) is 7.34. The number of hydrogen-bond acceptors (Lipinski definition) is 5. The molecule has 2 aromatic rings. The number of aromatic nitrogens is 1. The third kappa shape index (κ3) is 3.71. The average Bonchev–Trinajstić information content (AvgIpc) is 3.12. The van der Waals surface area contributed by atoms with Crippen LogP contribution >= 0.6 is 0 Å². The maximum absolute atomic E-state index is 13.0. The van der Waals surface area contributed by atoms with Crippen LogP contribution < -0.4 is 4.72 Å². The first-order chi connectivity index (χ1) is 13.0. The van der Waals surface area contributed by atoms with Gasteiger partial charge in [0, 0.05) is 30.8 Å². The second-order valence-electron chi connectivity index (χ2n) is 7.17. The zero-order valence-corrected chi connectivity index (χ0v) is 15.9. The van der Waals surface area contributed by atoms with Crippen LogP contribution in [0.15, 0.2) is 34.9 Å². The van der Waals surface area contributed by atoms with Gasteiger partial charge in [-0.2, -0.15) is 0 Å². The van der Waals surface area contributed by atoms with Crippen LogP contribution in [0.25, 0.3) is 0 Å². The Morgan fingerprint density at radius 2 is 1.93 bits per heavy atom. The molecule has 8 heteroatoms.